The molecule has 2 N–H and O–H groups in total. The normalized spacial score (nSPS) is 16.1. The molecule has 6 nitrogen and oxygen atoms in total. The third-order valence-electron chi connectivity index (χ3n) is 5.17. The average molecular weight is 481 g/mol. The summed E-state index contributed by atoms with van der Waals surface area (Å²) in [4.78, 5) is 27.5. The number of nitrogens with one attached hydrogen (secondary N) is 1. The van der Waals surface area contributed by atoms with Gasteiger partial charge in [0.1, 0.15) is 18.5 Å². The summed E-state index contributed by atoms with van der Waals surface area (Å²) in [6.07, 6.45) is -1.04. The highest BCUT2D eigenvalue weighted by atomic mass is 79.9. The van der Waals surface area contributed by atoms with Crippen LogP contribution in [0, 0.1) is 0 Å². The van der Waals surface area contributed by atoms with Crippen LogP contribution >= 0.6 is 15.9 Å². The molecule has 4 rings (SSSR count). The van der Waals surface area contributed by atoms with Crippen molar-refractivity contribution in [3.63, 3.8) is 0 Å². The molecule has 3 amide bonds. The molecule has 1 unspecified atom stereocenters. The van der Waals surface area contributed by atoms with Crippen molar-refractivity contribution in [2.45, 2.75) is 11.6 Å². The third kappa shape index (κ3) is 4.19. The number of carbonyl (C=O) groups excluding carboxylic acids is 2. The SMILES string of the molecule is O=C1NC(c2ccccc2)(c2ccccc2)C(=O)N1CC(O)COc1ccc(Br)cc1. The Morgan fingerprint density at radius 2 is 1.45 bits per heavy atom. The van der Waals surface area contributed by atoms with E-state index in [0.29, 0.717) is 16.9 Å². The van der Waals surface area contributed by atoms with Crippen LogP contribution in [0.4, 0.5) is 4.79 Å². The predicted molar refractivity (Wildman–Crippen MR) is 120 cm³/mol. The van der Waals surface area contributed by atoms with Crippen LogP contribution in [0.2, 0.25) is 0 Å². The summed E-state index contributed by atoms with van der Waals surface area (Å²) in [6, 6.07) is 24.8. The number of imide groups is 1. The summed E-state index contributed by atoms with van der Waals surface area (Å²) in [7, 11) is 0. The van der Waals surface area contributed by atoms with Crippen LogP contribution in [0.25, 0.3) is 0 Å². The van der Waals surface area contributed by atoms with Crippen LogP contribution in [0.3, 0.4) is 0 Å². The standard InChI is InChI=1S/C24H21BrN2O4/c25-19-11-13-21(14-12-19)31-16-20(28)15-27-22(29)24(26-23(27)30,17-7-3-1-4-8-17)18-9-5-2-6-10-18/h1-14,20,28H,15-16H2,(H,26,30). The van der Waals surface area contributed by atoms with Gasteiger partial charge in [-0.25, -0.2) is 4.79 Å². The fourth-order valence-corrected chi connectivity index (χ4v) is 3.93. The Hall–Kier alpha value is -3.16. The van der Waals surface area contributed by atoms with Crippen molar-refractivity contribution < 1.29 is 19.4 Å². The summed E-state index contributed by atoms with van der Waals surface area (Å²) in [5.41, 5.74) is -0.0309. The number of ether oxygens (including phenoxy) is 1. The van der Waals surface area contributed by atoms with Gasteiger partial charge >= 0.3 is 6.03 Å². The lowest BCUT2D eigenvalue weighted by Crippen LogP contribution is -2.46. The molecular formula is C24H21BrN2O4. The Balaban J connectivity index is 1.55. The van der Waals surface area contributed by atoms with E-state index in [4.69, 9.17) is 4.74 Å². The number of urea groups is 1. The van der Waals surface area contributed by atoms with E-state index in [1.54, 1.807) is 12.1 Å². The maximum absolute atomic E-state index is 13.6. The Labute approximate surface area is 188 Å². The highest BCUT2D eigenvalue weighted by molar-refractivity contribution is 9.10. The first-order chi connectivity index (χ1) is 15.0. The number of aliphatic hydroxyl groups excluding tert-OH is 1. The summed E-state index contributed by atoms with van der Waals surface area (Å²) in [5, 5.41) is 13.3. The molecule has 0 spiro atoms. The molecule has 1 saturated heterocycles. The molecular weight excluding hydrogens is 460 g/mol. The monoisotopic (exact) mass is 480 g/mol. The smallest absolute Gasteiger partial charge is 0.325 e. The van der Waals surface area contributed by atoms with E-state index in [9.17, 15) is 14.7 Å². The summed E-state index contributed by atoms with van der Waals surface area (Å²) in [6.45, 7) is -0.231. The van der Waals surface area contributed by atoms with Gasteiger partial charge < -0.3 is 15.2 Å². The number of hydrogen-bond donors (Lipinski definition) is 2. The summed E-state index contributed by atoms with van der Waals surface area (Å²) >= 11 is 3.35. The quantitative estimate of drug-likeness (QED) is 0.505. The molecule has 1 aliphatic heterocycles. The largest absolute Gasteiger partial charge is 0.491 e. The van der Waals surface area contributed by atoms with Gasteiger partial charge in [0.15, 0.2) is 5.54 Å². The Kier molecular flexibility index (Phi) is 6.06. The molecule has 0 saturated carbocycles. The van der Waals surface area contributed by atoms with Gasteiger partial charge in [-0.05, 0) is 35.4 Å². The zero-order valence-corrected chi connectivity index (χ0v) is 18.2. The van der Waals surface area contributed by atoms with Gasteiger partial charge in [0.25, 0.3) is 5.91 Å². The molecule has 0 bridgehead atoms. The minimum absolute atomic E-state index is 0.0532. The second-order valence-electron chi connectivity index (χ2n) is 7.25. The van der Waals surface area contributed by atoms with E-state index >= 15 is 0 Å². The molecule has 1 fully saturated rings. The lowest BCUT2D eigenvalue weighted by Gasteiger charge is -2.28. The number of hydrogen-bond acceptors (Lipinski definition) is 4. The van der Waals surface area contributed by atoms with Crippen LogP contribution in [-0.4, -0.2) is 41.2 Å². The van der Waals surface area contributed by atoms with Crippen LogP contribution in [0.1, 0.15) is 11.1 Å². The van der Waals surface area contributed by atoms with E-state index in [1.807, 2.05) is 72.8 Å². The van der Waals surface area contributed by atoms with E-state index in [2.05, 4.69) is 21.2 Å². The first-order valence-electron chi connectivity index (χ1n) is 9.82. The maximum atomic E-state index is 13.6. The number of β-amino-alcohol motifs (C(OH)–C–C–N with tert-alkyl or cyclic N) is 1. The second kappa shape index (κ2) is 8.91. The van der Waals surface area contributed by atoms with Gasteiger partial charge in [0.05, 0.1) is 6.54 Å². The van der Waals surface area contributed by atoms with Crippen molar-refractivity contribution in [2.75, 3.05) is 13.2 Å². The topological polar surface area (TPSA) is 78.9 Å². The number of rotatable bonds is 7. The molecule has 7 heteroatoms. The lowest BCUT2D eigenvalue weighted by atomic mass is 9.82. The van der Waals surface area contributed by atoms with Crippen molar-refractivity contribution >= 4 is 27.9 Å². The van der Waals surface area contributed by atoms with Gasteiger partial charge in [0, 0.05) is 4.47 Å². The molecule has 1 aliphatic rings. The highest BCUT2D eigenvalue weighted by Gasteiger charge is 2.53. The number of halogens is 1. The van der Waals surface area contributed by atoms with Crippen molar-refractivity contribution in [1.82, 2.24) is 10.2 Å². The molecule has 0 radical (unpaired) electrons. The van der Waals surface area contributed by atoms with Gasteiger partial charge in [-0.3, -0.25) is 9.69 Å². The van der Waals surface area contributed by atoms with Gasteiger partial charge in [0.2, 0.25) is 0 Å². The zero-order valence-electron chi connectivity index (χ0n) is 16.6. The zero-order chi connectivity index (χ0) is 21.8. The number of amides is 3. The van der Waals surface area contributed by atoms with Crippen molar-refractivity contribution in [3.8, 4) is 5.75 Å². The van der Waals surface area contributed by atoms with Gasteiger partial charge in [-0.15, -0.1) is 0 Å². The van der Waals surface area contributed by atoms with Crippen LogP contribution < -0.4 is 10.1 Å². The number of aliphatic hydroxyl groups is 1. The van der Waals surface area contributed by atoms with Gasteiger partial charge in [-0.2, -0.15) is 0 Å². The maximum Gasteiger partial charge on any atom is 0.325 e. The first kappa shape index (κ1) is 21.1. The first-order valence-corrected chi connectivity index (χ1v) is 10.6. The van der Waals surface area contributed by atoms with E-state index in [0.717, 1.165) is 9.37 Å². The van der Waals surface area contributed by atoms with Crippen LogP contribution in [-0.2, 0) is 10.3 Å². The fraction of sp³-hybridized carbons (Fsp3) is 0.167. The molecule has 3 aromatic carbocycles. The van der Waals surface area contributed by atoms with Crippen molar-refractivity contribution in [1.29, 1.82) is 0 Å². The predicted octanol–water partition coefficient (Wildman–Crippen LogP) is 3.68. The van der Waals surface area contributed by atoms with E-state index in [1.165, 1.54) is 0 Å². The minimum atomic E-state index is -1.34. The average Bonchev–Trinajstić information content (AvgIpc) is 3.05. The molecule has 1 atom stereocenters. The Bertz CT molecular complexity index is 1020. The third-order valence-corrected chi connectivity index (χ3v) is 5.70. The van der Waals surface area contributed by atoms with Gasteiger partial charge in [-0.1, -0.05) is 76.6 Å². The molecule has 31 heavy (non-hydrogen) atoms. The van der Waals surface area contributed by atoms with E-state index in [-0.39, 0.29) is 13.2 Å². The second-order valence-corrected chi connectivity index (χ2v) is 8.16. The molecule has 158 valence electrons. The highest BCUT2D eigenvalue weighted by Crippen LogP contribution is 2.36. The number of nitrogens with zero attached hydrogens (tertiary/aromatic N) is 1. The van der Waals surface area contributed by atoms with Crippen molar-refractivity contribution in [2.24, 2.45) is 0 Å². The van der Waals surface area contributed by atoms with Crippen molar-refractivity contribution in [3.05, 3.63) is 101 Å². The molecule has 0 aromatic heterocycles. The van der Waals surface area contributed by atoms with Crippen LogP contribution in [0.15, 0.2) is 89.4 Å². The molecule has 1 heterocycles. The fourth-order valence-electron chi connectivity index (χ4n) is 3.66. The summed E-state index contributed by atoms with van der Waals surface area (Å²) < 4.78 is 6.50. The molecule has 0 aliphatic carbocycles. The Morgan fingerprint density at radius 3 is 2.00 bits per heavy atom. The minimum Gasteiger partial charge on any atom is -0.491 e. The lowest BCUT2D eigenvalue weighted by molar-refractivity contribution is -0.131. The molecule has 3 aromatic rings. The van der Waals surface area contributed by atoms with E-state index < -0.39 is 23.6 Å². The summed E-state index contributed by atoms with van der Waals surface area (Å²) in [5.74, 6) is 0.153. The van der Waals surface area contributed by atoms with Crippen LogP contribution in [0.5, 0.6) is 5.75 Å². The number of carbonyl (C=O) groups is 2. The Morgan fingerprint density at radius 1 is 0.903 bits per heavy atom. The number of benzene rings is 3.